The summed E-state index contributed by atoms with van der Waals surface area (Å²) in [5.41, 5.74) is 7.06. The van der Waals surface area contributed by atoms with Crippen LogP contribution in [0.1, 0.15) is 24.8 Å². The van der Waals surface area contributed by atoms with Gasteiger partial charge in [0.05, 0.1) is 5.02 Å². The molecule has 1 atom stereocenters. The number of amidine groups is 1. The van der Waals surface area contributed by atoms with Gasteiger partial charge in [-0.2, -0.15) is 0 Å². The fraction of sp³-hybridized carbons (Fsp3) is 0.462. The van der Waals surface area contributed by atoms with E-state index in [-0.39, 0.29) is 12.4 Å². The number of aliphatic hydroxyl groups excluding tert-OH is 1. The Bertz CT molecular complexity index is 450. The van der Waals surface area contributed by atoms with Crippen LogP contribution in [0.3, 0.4) is 0 Å². The standard InChI is InChI=1S/C13H18ClN3O/c14-12-8-10(3-4-11(12)13(15)16)17-6-1-2-9(17)5-7-18/h3-4,8-9,18H,1-2,5-7H2,(H3,15,16). The second kappa shape index (κ2) is 5.59. The van der Waals surface area contributed by atoms with Crippen molar-refractivity contribution in [1.82, 2.24) is 0 Å². The van der Waals surface area contributed by atoms with E-state index in [4.69, 9.17) is 27.9 Å². The third-order valence-electron chi connectivity index (χ3n) is 3.41. The van der Waals surface area contributed by atoms with Crippen molar-refractivity contribution < 1.29 is 5.11 Å². The fourth-order valence-electron chi connectivity index (χ4n) is 2.53. The number of nitrogens with one attached hydrogen (secondary N) is 1. The average Bonchev–Trinajstić information content (AvgIpc) is 2.77. The van der Waals surface area contributed by atoms with E-state index in [1.165, 1.54) is 0 Å². The van der Waals surface area contributed by atoms with Gasteiger partial charge >= 0.3 is 0 Å². The first-order valence-electron chi connectivity index (χ1n) is 6.15. The van der Waals surface area contributed by atoms with E-state index in [9.17, 15) is 0 Å². The number of aliphatic hydroxyl groups is 1. The summed E-state index contributed by atoms with van der Waals surface area (Å²) < 4.78 is 0. The van der Waals surface area contributed by atoms with Gasteiger partial charge in [-0.05, 0) is 37.5 Å². The zero-order valence-electron chi connectivity index (χ0n) is 10.2. The Morgan fingerprint density at radius 2 is 2.33 bits per heavy atom. The quantitative estimate of drug-likeness (QED) is 0.577. The van der Waals surface area contributed by atoms with Gasteiger partial charge in [0.15, 0.2) is 0 Å². The molecule has 1 fully saturated rings. The number of hydrogen-bond acceptors (Lipinski definition) is 3. The molecule has 1 aromatic rings. The normalized spacial score (nSPS) is 19.2. The van der Waals surface area contributed by atoms with Crippen LogP contribution in [0.5, 0.6) is 0 Å². The van der Waals surface area contributed by atoms with E-state index in [2.05, 4.69) is 4.90 Å². The summed E-state index contributed by atoms with van der Waals surface area (Å²) in [5.74, 6) is -0.0140. The van der Waals surface area contributed by atoms with E-state index in [1.54, 1.807) is 6.07 Å². The predicted octanol–water partition coefficient (Wildman–Crippen LogP) is 1.98. The van der Waals surface area contributed by atoms with Crippen molar-refractivity contribution >= 4 is 23.1 Å². The lowest BCUT2D eigenvalue weighted by Gasteiger charge is -2.26. The Hall–Kier alpha value is -1.26. The highest BCUT2D eigenvalue weighted by Crippen LogP contribution is 2.30. The van der Waals surface area contributed by atoms with Crippen LogP contribution in [-0.2, 0) is 0 Å². The highest BCUT2D eigenvalue weighted by molar-refractivity contribution is 6.34. The van der Waals surface area contributed by atoms with Gasteiger partial charge in [-0.3, -0.25) is 5.41 Å². The second-order valence-corrected chi connectivity index (χ2v) is 4.99. The SMILES string of the molecule is N=C(N)c1ccc(N2CCCC2CCO)cc1Cl. The van der Waals surface area contributed by atoms with Gasteiger partial charge in [-0.15, -0.1) is 0 Å². The van der Waals surface area contributed by atoms with Gasteiger partial charge in [0.25, 0.3) is 0 Å². The first-order valence-corrected chi connectivity index (χ1v) is 6.52. The number of nitrogen functional groups attached to an aromatic ring is 1. The molecule has 1 aromatic carbocycles. The molecule has 4 N–H and O–H groups in total. The van der Waals surface area contributed by atoms with E-state index in [0.717, 1.165) is 31.5 Å². The molecule has 18 heavy (non-hydrogen) atoms. The maximum Gasteiger partial charge on any atom is 0.124 e. The molecule has 0 aliphatic carbocycles. The minimum Gasteiger partial charge on any atom is -0.396 e. The maximum absolute atomic E-state index is 9.07. The maximum atomic E-state index is 9.07. The number of nitrogens with zero attached hydrogens (tertiary/aromatic N) is 1. The summed E-state index contributed by atoms with van der Waals surface area (Å²) in [5, 5.41) is 17.0. The molecule has 0 amide bonds. The summed E-state index contributed by atoms with van der Waals surface area (Å²) in [4.78, 5) is 2.27. The monoisotopic (exact) mass is 267 g/mol. The molecular formula is C13H18ClN3O. The van der Waals surface area contributed by atoms with Gasteiger partial charge in [0.1, 0.15) is 5.84 Å². The smallest absolute Gasteiger partial charge is 0.124 e. The molecule has 0 radical (unpaired) electrons. The summed E-state index contributed by atoms with van der Waals surface area (Å²) in [6.45, 7) is 1.20. The predicted molar refractivity (Wildman–Crippen MR) is 74.5 cm³/mol. The fourth-order valence-corrected chi connectivity index (χ4v) is 2.80. The third-order valence-corrected chi connectivity index (χ3v) is 3.73. The summed E-state index contributed by atoms with van der Waals surface area (Å²) in [6.07, 6.45) is 3.02. The highest BCUT2D eigenvalue weighted by atomic mass is 35.5. The summed E-state index contributed by atoms with van der Waals surface area (Å²) >= 11 is 6.13. The number of halogens is 1. The van der Waals surface area contributed by atoms with Crippen LogP contribution >= 0.6 is 11.6 Å². The Kier molecular flexibility index (Phi) is 4.09. The van der Waals surface area contributed by atoms with Crippen LogP contribution in [0.25, 0.3) is 0 Å². The van der Waals surface area contributed by atoms with Gasteiger partial charge < -0.3 is 15.7 Å². The molecule has 1 heterocycles. The number of hydrogen-bond donors (Lipinski definition) is 3. The van der Waals surface area contributed by atoms with Crippen molar-refractivity contribution in [2.75, 3.05) is 18.1 Å². The van der Waals surface area contributed by atoms with Crippen molar-refractivity contribution in [2.45, 2.75) is 25.3 Å². The zero-order chi connectivity index (χ0) is 13.1. The molecular weight excluding hydrogens is 250 g/mol. The summed E-state index contributed by atoms with van der Waals surface area (Å²) in [7, 11) is 0. The first kappa shape index (κ1) is 13.2. The Balaban J connectivity index is 2.23. The lowest BCUT2D eigenvalue weighted by Crippen LogP contribution is -2.30. The molecule has 2 rings (SSSR count). The Labute approximate surface area is 112 Å². The topological polar surface area (TPSA) is 73.3 Å². The van der Waals surface area contributed by atoms with Crippen LogP contribution < -0.4 is 10.6 Å². The van der Waals surface area contributed by atoms with Crippen molar-refractivity contribution in [2.24, 2.45) is 5.73 Å². The molecule has 1 saturated heterocycles. The minimum atomic E-state index is -0.0140. The largest absolute Gasteiger partial charge is 0.396 e. The highest BCUT2D eigenvalue weighted by Gasteiger charge is 2.24. The molecule has 98 valence electrons. The number of nitrogens with two attached hydrogens (primary N) is 1. The van der Waals surface area contributed by atoms with Crippen LogP contribution in [0.15, 0.2) is 18.2 Å². The molecule has 1 aliphatic rings. The van der Waals surface area contributed by atoms with E-state index >= 15 is 0 Å². The molecule has 0 aromatic heterocycles. The molecule has 0 bridgehead atoms. The molecule has 5 heteroatoms. The average molecular weight is 268 g/mol. The lowest BCUT2D eigenvalue weighted by atomic mass is 10.1. The minimum absolute atomic E-state index is 0.0140. The van der Waals surface area contributed by atoms with Crippen molar-refractivity contribution in [3.8, 4) is 0 Å². The number of anilines is 1. The third kappa shape index (κ3) is 2.60. The van der Waals surface area contributed by atoms with Crippen molar-refractivity contribution in [3.05, 3.63) is 28.8 Å². The van der Waals surface area contributed by atoms with Crippen molar-refractivity contribution in [3.63, 3.8) is 0 Å². The van der Waals surface area contributed by atoms with E-state index in [1.807, 2.05) is 12.1 Å². The second-order valence-electron chi connectivity index (χ2n) is 4.58. The lowest BCUT2D eigenvalue weighted by molar-refractivity contribution is 0.276. The molecule has 1 unspecified atom stereocenters. The van der Waals surface area contributed by atoms with E-state index in [0.29, 0.717) is 16.6 Å². The van der Waals surface area contributed by atoms with E-state index < -0.39 is 0 Å². The van der Waals surface area contributed by atoms with Crippen LogP contribution in [0.2, 0.25) is 5.02 Å². The molecule has 0 spiro atoms. The van der Waals surface area contributed by atoms with Crippen LogP contribution in [-0.4, -0.2) is 30.1 Å². The molecule has 1 aliphatic heterocycles. The number of rotatable bonds is 4. The Morgan fingerprint density at radius 1 is 1.56 bits per heavy atom. The van der Waals surface area contributed by atoms with Gasteiger partial charge in [0, 0.05) is 30.4 Å². The first-order chi connectivity index (χ1) is 8.63. The summed E-state index contributed by atoms with van der Waals surface area (Å²) in [6, 6.07) is 5.97. The van der Waals surface area contributed by atoms with Gasteiger partial charge in [-0.25, -0.2) is 0 Å². The zero-order valence-corrected chi connectivity index (χ0v) is 11.0. The number of benzene rings is 1. The van der Waals surface area contributed by atoms with Crippen LogP contribution in [0.4, 0.5) is 5.69 Å². The van der Waals surface area contributed by atoms with Crippen molar-refractivity contribution in [1.29, 1.82) is 5.41 Å². The van der Waals surface area contributed by atoms with Gasteiger partial charge in [-0.1, -0.05) is 11.6 Å². The Morgan fingerprint density at radius 3 is 2.94 bits per heavy atom. The molecule has 4 nitrogen and oxygen atoms in total. The van der Waals surface area contributed by atoms with Crippen LogP contribution in [0, 0.1) is 5.41 Å². The molecule has 0 saturated carbocycles. The van der Waals surface area contributed by atoms with Gasteiger partial charge in [0.2, 0.25) is 0 Å².